The van der Waals surface area contributed by atoms with E-state index in [-0.39, 0.29) is 6.04 Å². The van der Waals surface area contributed by atoms with Gasteiger partial charge in [-0.2, -0.15) is 5.26 Å². The number of hydrogen-bond acceptors (Lipinski definition) is 3. The second-order valence-corrected chi connectivity index (χ2v) is 4.66. The van der Waals surface area contributed by atoms with E-state index in [1.54, 1.807) is 0 Å². The summed E-state index contributed by atoms with van der Waals surface area (Å²) in [6.07, 6.45) is 0. The number of rotatable bonds is 4. The van der Waals surface area contributed by atoms with Crippen LogP contribution in [-0.4, -0.2) is 23.0 Å². The maximum atomic E-state index is 9.42. The fourth-order valence-electron chi connectivity index (χ4n) is 2.37. The van der Waals surface area contributed by atoms with E-state index in [9.17, 15) is 5.26 Å². The summed E-state index contributed by atoms with van der Waals surface area (Å²) in [7, 11) is 0. The summed E-state index contributed by atoms with van der Waals surface area (Å²) < 4.78 is 0. The van der Waals surface area contributed by atoms with Gasteiger partial charge in [0.25, 0.3) is 0 Å². The third-order valence-corrected chi connectivity index (χ3v) is 3.47. The van der Waals surface area contributed by atoms with Crippen LogP contribution in [0, 0.1) is 18.3 Å². The minimum absolute atomic E-state index is 0.180. The van der Waals surface area contributed by atoms with Gasteiger partial charge in [0.2, 0.25) is 0 Å². The van der Waals surface area contributed by atoms with Crippen molar-refractivity contribution in [3.05, 3.63) is 41.6 Å². The summed E-state index contributed by atoms with van der Waals surface area (Å²) in [6, 6.07) is 12.4. The second kappa shape index (κ2) is 5.81. The zero-order valence-corrected chi connectivity index (χ0v) is 11.7. The normalized spacial score (nSPS) is 12.6. The summed E-state index contributed by atoms with van der Waals surface area (Å²) in [5, 5.41) is 10.5. The molecule has 0 radical (unpaired) electrons. The van der Waals surface area contributed by atoms with E-state index in [4.69, 9.17) is 0 Å². The van der Waals surface area contributed by atoms with Gasteiger partial charge in [0, 0.05) is 11.1 Å². The maximum Gasteiger partial charge on any atom is 0.123 e. The summed E-state index contributed by atoms with van der Waals surface area (Å²) in [4.78, 5) is 6.65. The zero-order valence-electron chi connectivity index (χ0n) is 11.7. The molecule has 19 heavy (non-hydrogen) atoms. The standard InChI is InChI=1S/C16H19N3/c1-4-19(5-2)16(11-17)14-8-9-15-13(10-14)7-6-12(3)18-15/h6-10,16H,4-5H2,1-3H3. The molecule has 0 N–H and O–H groups in total. The molecule has 0 amide bonds. The van der Waals surface area contributed by atoms with Gasteiger partial charge in [0.15, 0.2) is 0 Å². The quantitative estimate of drug-likeness (QED) is 0.837. The van der Waals surface area contributed by atoms with Crippen LogP contribution >= 0.6 is 0 Å². The van der Waals surface area contributed by atoms with E-state index < -0.39 is 0 Å². The molecular weight excluding hydrogens is 234 g/mol. The molecule has 0 aliphatic rings. The third-order valence-electron chi connectivity index (χ3n) is 3.47. The van der Waals surface area contributed by atoms with Gasteiger partial charge in [-0.25, -0.2) is 0 Å². The molecule has 3 heteroatoms. The van der Waals surface area contributed by atoms with Crippen LogP contribution in [0.1, 0.15) is 31.1 Å². The molecule has 1 unspecified atom stereocenters. The lowest BCUT2D eigenvalue weighted by Crippen LogP contribution is -2.27. The first kappa shape index (κ1) is 13.5. The number of fused-ring (bicyclic) bond motifs is 1. The average Bonchev–Trinajstić information content (AvgIpc) is 2.44. The lowest BCUT2D eigenvalue weighted by molar-refractivity contribution is 0.262. The van der Waals surface area contributed by atoms with Gasteiger partial charge < -0.3 is 0 Å². The second-order valence-electron chi connectivity index (χ2n) is 4.66. The van der Waals surface area contributed by atoms with Crippen LogP contribution in [0.4, 0.5) is 0 Å². The Morgan fingerprint density at radius 2 is 1.95 bits per heavy atom. The Balaban J connectivity index is 2.45. The topological polar surface area (TPSA) is 39.9 Å². The number of nitrogens with zero attached hydrogens (tertiary/aromatic N) is 3. The summed E-state index contributed by atoms with van der Waals surface area (Å²) >= 11 is 0. The van der Waals surface area contributed by atoms with Gasteiger partial charge in [-0.15, -0.1) is 0 Å². The Bertz CT molecular complexity index is 609. The van der Waals surface area contributed by atoms with E-state index in [2.05, 4.69) is 41.9 Å². The lowest BCUT2D eigenvalue weighted by atomic mass is 10.0. The summed E-state index contributed by atoms with van der Waals surface area (Å²) in [6.45, 7) is 7.90. The summed E-state index contributed by atoms with van der Waals surface area (Å²) in [5.41, 5.74) is 3.05. The molecule has 0 spiro atoms. The molecule has 1 atom stereocenters. The Kier molecular flexibility index (Phi) is 4.13. The van der Waals surface area contributed by atoms with Crippen molar-refractivity contribution in [1.82, 2.24) is 9.88 Å². The van der Waals surface area contributed by atoms with Gasteiger partial charge in [0.1, 0.15) is 6.04 Å². The molecule has 0 saturated carbocycles. The number of aromatic nitrogens is 1. The van der Waals surface area contributed by atoms with Gasteiger partial charge in [-0.05, 0) is 43.8 Å². The van der Waals surface area contributed by atoms with Crippen molar-refractivity contribution in [3.63, 3.8) is 0 Å². The minimum atomic E-state index is -0.180. The fraction of sp³-hybridized carbons (Fsp3) is 0.375. The van der Waals surface area contributed by atoms with Crippen LogP contribution in [0.2, 0.25) is 0 Å². The highest BCUT2D eigenvalue weighted by Crippen LogP contribution is 2.23. The molecule has 2 rings (SSSR count). The van der Waals surface area contributed by atoms with E-state index in [0.717, 1.165) is 35.2 Å². The Labute approximate surface area is 114 Å². The van der Waals surface area contributed by atoms with Crippen LogP contribution < -0.4 is 0 Å². The maximum absolute atomic E-state index is 9.42. The van der Waals surface area contributed by atoms with Crippen molar-refractivity contribution >= 4 is 10.9 Å². The predicted octanol–water partition coefficient (Wildman–Crippen LogP) is 3.45. The van der Waals surface area contributed by atoms with Gasteiger partial charge in [0.05, 0.1) is 11.6 Å². The third kappa shape index (κ3) is 2.74. The molecule has 0 aliphatic heterocycles. The Morgan fingerprint density at radius 1 is 1.21 bits per heavy atom. The van der Waals surface area contributed by atoms with Crippen molar-refractivity contribution in [2.45, 2.75) is 26.8 Å². The van der Waals surface area contributed by atoms with Gasteiger partial charge in [-0.1, -0.05) is 26.0 Å². The predicted molar refractivity (Wildman–Crippen MR) is 77.8 cm³/mol. The first-order valence-corrected chi connectivity index (χ1v) is 6.70. The van der Waals surface area contributed by atoms with Crippen molar-refractivity contribution in [2.75, 3.05) is 13.1 Å². The number of aryl methyl sites for hydroxylation is 1. The van der Waals surface area contributed by atoms with Gasteiger partial charge >= 0.3 is 0 Å². The first-order valence-electron chi connectivity index (χ1n) is 6.70. The number of nitriles is 1. The molecule has 0 bridgehead atoms. The van der Waals surface area contributed by atoms with Crippen LogP contribution in [0.5, 0.6) is 0 Å². The summed E-state index contributed by atoms with van der Waals surface area (Å²) in [5.74, 6) is 0. The molecule has 3 nitrogen and oxygen atoms in total. The highest BCUT2D eigenvalue weighted by atomic mass is 15.1. The van der Waals surface area contributed by atoms with Crippen molar-refractivity contribution in [3.8, 4) is 6.07 Å². The van der Waals surface area contributed by atoms with E-state index in [1.807, 2.05) is 25.1 Å². The smallest absolute Gasteiger partial charge is 0.123 e. The monoisotopic (exact) mass is 253 g/mol. The van der Waals surface area contributed by atoms with Crippen LogP contribution in [0.25, 0.3) is 10.9 Å². The highest BCUT2D eigenvalue weighted by Gasteiger charge is 2.17. The molecule has 0 saturated heterocycles. The largest absolute Gasteiger partial charge is 0.285 e. The van der Waals surface area contributed by atoms with Gasteiger partial charge in [-0.3, -0.25) is 9.88 Å². The Hall–Kier alpha value is -1.92. The average molecular weight is 253 g/mol. The van der Waals surface area contributed by atoms with Crippen molar-refractivity contribution < 1.29 is 0 Å². The number of pyridine rings is 1. The first-order chi connectivity index (χ1) is 9.19. The molecule has 0 aliphatic carbocycles. The Morgan fingerprint density at radius 3 is 2.58 bits per heavy atom. The molecule has 1 aromatic heterocycles. The number of hydrogen-bond donors (Lipinski definition) is 0. The minimum Gasteiger partial charge on any atom is -0.285 e. The van der Waals surface area contributed by atoms with Crippen LogP contribution in [-0.2, 0) is 0 Å². The molecule has 2 aromatic rings. The van der Waals surface area contributed by atoms with Crippen molar-refractivity contribution in [1.29, 1.82) is 5.26 Å². The number of benzene rings is 1. The molecule has 98 valence electrons. The SMILES string of the molecule is CCN(CC)C(C#N)c1ccc2nc(C)ccc2c1. The van der Waals surface area contributed by atoms with E-state index >= 15 is 0 Å². The molecule has 1 heterocycles. The molecular formula is C16H19N3. The van der Waals surface area contributed by atoms with Crippen LogP contribution in [0.15, 0.2) is 30.3 Å². The van der Waals surface area contributed by atoms with Crippen molar-refractivity contribution in [2.24, 2.45) is 0 Å². The fourth-order valence-corrected chi connectivity index (χ4v) is 2.37. The zero-order chi connectivity index (χ0) is 13.8. The molecule has 1 aromatic carbocycles. The molecule has 0 fully saturated rings. The van der Waals surface area contributed by atoms with E-state index in [0.29, 0.717) is 0 Å². The lowest BCUT2D eigenvalue weighted by Gasteiger charge is -2.24. The highest BCUT2D eigenvalue weighted by molar-refractivity contribution is 5.79. The van der Waals surface area contributed by atoms with Crippen LogP contribution in [0.3, 0.4) is 0 Å². The van der Waals surface area contributed by atoms with E-state index in [1.165, 1.54) is 0 Å².